The van der Waals surface area contributed by atoms with Gasteiger partial charge in [0, 0.05) is 6.54 Å². The molecule has 19 nitrogen and oxygen atoms in total. The molecule has 0 saturated carbocycles. The molecule has 19 heteroatoms. The Hall–Kier alpha value is -5.34. The highest BCUT2D eigenvalue weighted by Crippen LogP contribution is 2.18. The summed E-state index contributed by atoms with van der Waals surface area (Å²) < 4.78 is 37.2. The number of aliphatic imine (C=N–C) groups is 1. The second-order valence-electron chi connectivity index (χ2n) is 10.5. The maximum absolute atomic E-state index is 12.9. The fourth-order valence-corrected chi connectivity index (χ4v) is 4.04. The van der Waals surface area contributed by atoms with Gasteiger partial charge in [-0.05, 0) is 42.0 Å². The van der Waals surface area contributed by atoms with E-state index in [1.54, 1.807) is 12.1 Å². The van der Waals surface area contributed by atoms with Gasteiger partial charge in [-0.1, -0.05) is 12.1 Å². The van der Waals surface area contributed by atoms with E-state index in [9.17, 15) is 34.2 Å². The second-order valence-corrected chi connectivity index (χ2v) is 10.5. The molecule has 52 heavy (non-hydrogen) atoms. The van der Waals surface area contributed by atoms with E-state index >= 15 is 0 Å². The maximum atomic E-state index is 12.9. The average Bonchev–Trinajstić information content (AvgIpc) is 3.09. The van der Waals surface area contributed by atoms with E-state index < -0.39 is 42.4 Å². The quantitative estimate of drug-likeness (QED) is 0.0283. The zero-order chi connectivity index (χ0) is 38.1. The number of carbonyl (C=O) groups is 5. The first-order chi connectivity index (χ1) is 25.0. The van der Waals surface area contributed by atoms with Gasteiger partial charge < -0.3 is 59.9 Å². The Morgan fingerprint density at radius 3 is 1.67 bits per heavy atom. The maximum Gasteiger partial charge on any atom is 0.410 e. The minimum atomic E-state index is -1.72. The minimum Gasteiger partial charge on any atom is -0.481 e. The lowest BCUT2D eigenvalue weighted by molar-refractivity contribution is -0.149. The number of benzene rings is 2. The van der Waals surface area contributed by atoms with Crippen LogP contribution in [-0.2, 0) is 49.4 Å². The van der Waals surface area contributed by atoms with Gasteiger partial charge in [-0.15, -0.1) is 0 Å². The summed E-state index contributed by atoms with van der Waals surface area (Å²) in [5.41, 5.74) is 11.9. The number of hydrogen-bond acceptors (Lipinski definition) is 13. The van der Waals surface area contributed by atoms with E-state index in [1.165, 1.54) is 36.4 Å². The third kappa shape index (κ3) is 18.6. The molecule has 1 unspecified atom stereocenters. The Morgan fingerprint density at radius 2 is 1.19 bits per heavy atom. The molecule has 0 aliphatic heterocycles. The Kier molecular flexibility index (Phi) is 20.4. The number of carboxylic acid groups (broad SMARTS) is 3. The molecule has 2 aromatic rings. The molecule has 0 aliphatic carbocycles. The van der Waals surface area contributed by atoms with Crippen molar-refractivity contribution in [1.29, 1.82) is 0 Å². The number of esters is 1. The van der Waals surface area contributed by atoms with Crippen LogP contribution in [0.2, 0.25) is 0 Å². The summed E-state index contributed by atoms with van der Waals surface area (Å²) in [7, 11) is 0. The normalized spacial score (nSPS) is 11.3. The van der Waals surface area contributed by atoms with Gasteiger partial charge >= 0.3 is 30.0 Å². The number of carboxylic acids is 3. The highest BCUT2D eigenvalue weighted by Gasteiger charge is 2.32. The molecule has 7 N–H and O–H groups in total. The number of hydrogen-bond donors (Lipinski definition) is 5. The first-order valence-electron chi connectivity index (χ1n) is 16.0. The topological polar surface area (TPSA) is 278 Å². The summed E-state index contributed by atoms with van der Waals surface area (Å²) >= 11 is 0. The number of rotatable bonds is 27. The van der Waals surface area contributed by atoms with Crippen LogP contribution in [0, 0.1) is 0 Å². The fourth-order valence-electron chi connectivity index (χ4n) is 4.04. The summed E-state index contributed by atoms with van der Waals surface area (Å²) in [4.78, 5) is 63.6. The number of nitrogens with zero attached hydrogens (tertiary/aromatic N) is 2. The predicted octanol–water partition coefficient (Wildman–Crippen LogP) is 1.23. The molecule has 2 aromatic carbocycles. The molecule has 1 amide bonds. The van der Waals surface area contributed by atoms with Crippen molar-refractivity contribution in [2.24, 2.45) is 16.5 Å². The SMILES string of the molecule is NC(N)=Nc1ccc(C(=O)Oc2ccc(COC(=O)N(CCOCCOCCOCCOCCOCCC(=O)O)C(CC(=O)O)C(=O)O)cc2)cc1. The van der Waals surface area contributed by atoms with Crippen LogP contribution in [0.4, 0.5) is 10.5 Å². The first kappa shape index (κ1) is 42.8. The average molecular weight is 737 g/mol. The zero-order valence-corrected chi connectivity index (χ0v) is 28.4. The lowest BCUT2D eigenvalue weighted by Crippen LogP contribution is -2.48. The highest BCUT2D eigenvalue weighted by molar-refractivity contribution is 5.91. The van der Waals surface area contributed by atoms with Gasteiger partial charge in [0.1, 0.15) is 18.4 Å². The van der Waals surface area contributed by atoms with Gasteiger partial charge in [0.2, 0.25) is 0 Å². The van der Waals surface area contributed by atoms with Gasteiger partial charge in [0.25, 0.3) is 0 Å². The van der Waals surface area contributed by atoms with Crippen LogP contribution >= 0.6 is 0 Å². The van der Waals surface area contributed by atoms with Crippen molar-refractivity contribution in [2.45, 2.75) is 25.5 Å². The van der Waals surface area contributed by atoms with Gasteiger partial charge in [-0.25, -0.2) is 19.4 Å². The largest absolute Gasteiger partial charge is 0.481 e. The molecule has 0 fully saturated rings. The van der Waals surface area contributed by atoms with Crippen LogP contribution in [0.3, 0.4) is 0 Å². The Labute approximate surface area is 298 Å². The first-order valence-corrected chi connectivity index (χ1v) is 16.0. The number of ether oxygens (including phenoxy) is 7. The van der Waals surface area contributed by atoms with Crippen molar-refractivity contribution in [3.8, 4) is 5.75 Å². The van der Waals surface area contributed by atoms with E-state index in [2.05, 4.69) is 4.99 Å². The van der Waals surface area contributed by atoms with Crippen molar-refractivity contribution in [2.75, 3.05) is 72.6 Å². The molecule has 0 bridgehead atoms. The number of amides is 1. The van der Waals surface area contributed by atoms with Crippen LogP contribution < -0.4 is 16.2 Å². The molecule has 0 aliphatic rings. The van der Waals surface area contributed by atoms with Crippen LogP contribution in [0.1, 0.15) is 28.8 Å². The molecule has 0 aromatic heterocycles. The van der Waals surface area contributed by atoms with Gasteiger partial charge in [0.05, 0.1) is 90.2 Å². The second kappa shape index (κ2) is 24.7. The van der Waals surface area contributed by atoms with Crippen LogP contribution in [-0.4, -0.2) is 135 Å². The molecule has 0 saturated heterocycles. The van der Waals surface area contributed by atoms with E-state index in [-0.39, 0.29) is 76.5 Å². The highest BCUT2D eigenvalue weighted by atomic mass is 16.6. The van der Waals surface area contributed by atoms with Crippen molar-refractivity contribution < 1.29 is 72.5 Å². The van der Waals surface area contributed by atoms with Gasteiger partial charge in [0.15, 0.2) is 5.96 Å². The molecular formula is C33H44N4O15. The lowest BCUT2D eigenvalue weighted by Gasteiger charge is -2.27. The van der Waals surface area contributed by atoms with E-state index in [4.69, 9.17) is 49.7 Å². The van der Waals surface area contributed by atoms with Crippen molar-refractivity contribution in [3.63, 3.8) is 0 Å². The number of carbonyl (C=O) groups excluding carboxylic acids is 2. The Bertz CT molecular complexity index is 1430. The van der Waals surface area contributed by atoms with E-state index in [0.29, 0.717) is 37.7 Å². The third-order valence-electron chi connectivity index (χ3n) is 6.55. The van der Waals surface area contributed by atoms with E-state index in [0.717, 1.165) is 4.90 Å². The minimum absolute atomic E-state index is 0.0655. The zero-order valence-electron chi connectivity index (χ0n) is 28.4. The van der Waals surface area contributed by atoms with Crippen molar-refractivity contribution in [1.82, 2.24) is 4.90 Å². The summed E-state index contributed by atoms with van der Waals surface area (Å²) in [6, 6.07) is 10.4. The number of aliphatic carboxylic acids is 3. The molecule has 2 rings (SSSR count). The summed E-state index contributed by atoms with van der Waals surface area (Å²) in [5, 5.41) is 27.4. The molecule has 286 valence electrons. The molecule has 1 atom stereocenters. The molecule has 0 radical (unpaired) electrons. The number of guanidine groups is 1. The van der Waals surface area contributed by atoms with Crippen LogP contribution in [0.25, 0.3) is 0 Å². The summed E-state index contributed by atoms with van der Waals surface area (Å²) in [5.74, 6) is -4.45. The van der Waals surface area contributed by atoms with Gasteiger partial charge in [-0.3, -0.25) is 14.5 Å². The van der Waals surface area contributed by atoms with Crippen molar-refractivity contribution >= 4 is 41.6 Å². The summed E-state index contributed by atoms with van der Waals surface area (Å²) in [6.07, 6.45) is -2.00. The predicted molar refractivity (Wildman–Crippen MR) is 180 cm³/mol. The number of nitrogens with two attached hydrogens (primary N) is 2. The van der Waals surface area contributed by atoms with Gasteiger partial charge in [-0.2, -0.15) is 0 Å². The molecular weight excluding hydrogens is 692 g/mol. The Balaban J connectivity index is 1.73. The van der Waals surface area contributed by atoms with Crippen LogP contribution in [0.5, 0.6) is 5.75 Å². The fraction of sp³-hybridized carbons (Fsp3) is 0.455. The smallest absolute Gasteiger partial charge is 0.410 e. The summed E-state index contributed by atoms with van der Waals surface area (Å²) in [6.45, 7) is 1.49. The van der Waals surface area contributed by atoms with Crippen molar-refractivity contribution in [3.05, 3.63) is 59.7 Å². The monoisotopic (exact) mass is 736 g/mol. The Morgan fingerprint density at radius 1 is 0.673 bits per heavy atom. The molecule has 0 heterocycles. The third-order valence-corrected chi connectivity index (χ3v) is 6.55. The van der Waals surface area contributed by atoms with E-state index in [1.807, 2.05) is 0 Å². The molecule has 0 spiro atoms. The standard InChI is InChI=1S/C33H44N4O15/c34-32(35)36-25-5-3-24(4-6-25)31(44)52-26-7-1-23(2-8-26)22-51-33(45)37(27(30(42)43)21-29(40)41)10-12-47-14-16-49-18-20-50-19-17-48-15-13-46-11-9-28(38)39/h1-8,27H,9-22H2,(H,38,39)(H,40,41)(H,42,43)(H4,34,35,36). The van der Waals surface area contributed by atoms with Crippen LogP contribution in [0.15, 0.2) is 53.5 Å². The lowest BCUT2D eigenvalue weighted by atomic mass is 10.2.